The number of hydrogen-bond donors (Lipinski definition) is 1. The molecule has 22 heavy (non-hydrogen) atoms. The Balaban J connectivity index is 0.00000242. The summed E-state index contributed by atoms with van der Waals surface area (Å²) in [5.74, 6) is -0.681. The van der Waals surface area contributed by atoms with E-state index in [1.54, 1.807) is 0 Å². The van der Waals surface area contributed by atoms with E-state index in [1.165, 1.54) is 12.1 Å². The lowest BCUT2D eigenvalue weighted by Crippen LogP contribution is -2.47. The highest BCUT2D eigenvalue weighted by atomic mass is 79.9. The fraction of sp³-hybridized carbons (Fsp3) is 0.625. The van der Waals surface area contributed by atoms with Gasteiger partial charge in [0.25, 0.3) is 0 Å². The van der Waals surface area contributed by atoms with E-state index in [1.807, 2.05) is 0 Å². The van der Waals surface area contributed by atoms with Crippen molar-refractivity contribution in [2.24, 2.45) is 5.92 Å². The molecule has 1 aliphatic rings. The second-order valence-corrected chi connectivity index (χ2v) is 6.70. The van der Waals surface area contributed by atoms with E-state index < -0.39 is 11.6 Å². The van der Waals surface area contributed by atoms with Crippen molar-refractivity contribution < 1.29 is 8.78 Å². The van der Waals surface area contributed by atoms with Crippen LogP contribution in [-0.2, 0) is 0 Å². The number of hydrogen-bond acceptors (Lipinski definition) is 2. The second kappa shape index (κ2) is 9.16. The van der Waals surface area contributed by atoms with E-state index >= 15 is 0 Å². The quantitative estimate of drug-likeness (QED) is 0.785. The monoisotopic (exact) mass is 396 g/mol. The maximum Gasteiger partial charge on any atom is 0.132 e. The van der Waals surface area contributed by atoms with Gasteiger partial charge in [0.05, 0.1) is 0 Å². The average Bonchev–Trinajstić information content (AvgIpc) is 2.43. The van der Waals surface area contributed by atoms with Crippen LogP contribution in [0.15, 0.2) is 16.6 Å². The lowest BCUT2D eigenvalue weighted by molar-refractivity contribution is 0.120. The first-order chi connectivity index (χ1) is 10.0. The second-order valence-electron chi connectivity index (χ2n) is 5.78. The molecule has 0 saturated carbocycles. The normalized spacial score (nSPS) is 18.6. The molecule has 1 saturated heterocycles. The molecule has 1 unspecified atom stereocenters. The molecule has 0 bridgehead atoms. The van der Waals surface area contributed by atoms with Crippen molar-refractivity contribution in [1.29, 1.82) is 0 Å². The standard InChI is InChI=1S/C16H23BrF2N2.ClH/c1-3-4-11(2)16(21-7-5-20-6-8-21)15-13(18)9-12(17)10-14(15)19;/h9-11,16,20H,3-8H2,1-2H3;1H/t11?,16-;/m1./s1. The van der Waals surface area contributed by atoms with E-state index in [-0.39, 0.29) is 29.9 Å². The van der Waals surface area contributed by atoms with Crippen molar-refractivity contribution in [3.8, 4) is 0 Å². The Kier molecular flexibility index (Phi) is 8.25. The summed E-state index contributed by atoms with van der Waals surface area (Å²) in [7, 11) is 0. The molecule has 1 aliphatic heterocycles. The summed E-state index contributed by atoms with van der Waals surface area (Å²) >= 11 is 3.16. The summed E-state index contributed by atoms with van der Waals surface area (Å²) in [5.41, 5.74) is 0.223. The van der Waals surface area contributed by atoms with Gasteiger partial charge in [-0.1, -0.05) is 36.2 Å². The number of rotatable bonds is 5. The van der Waals surface area contributed by atoms with Gasteiger partial charge in [-0.3, -0.25) is 4.90 Å². The number of benzene rings is 1. The molecular formula is C16H24BrClF2N2. The minimum Gasteiger partial charge on any atom is -0.314 e. The van der Waals surface area contributed by atoms with Crippen LogP contribution in [0.3, 0.4) is 0 Å². The fourth-order valence-electron chi connectivity index (χ4n) is 3.24. The van der Waals surface area contributed by atoms with Crippen LogP contribution in [0.4, 0.5) is 8.78 Å². The molecule has 0 aliphatic carbocycles. The minimum atomic E-state index is -0.451. The molecular weight excluding hydrogens is 374 g/mol. The summed E-state index contributed by atoms with van der Waals surface area (Å²) in [4.78, 5) is 2.21. The first kappa shape index (κ1) is 19.8. The predicted molar refractivity (Wildman–Crippen MR) is 92.6 cm³/mol. The Hall–Kier alpha value is -0.230. The van der Waals surface area contributed by atoms with Gasteiger partial charge in [-0.25, -0.2) is 8.78 Å². The summed E-state index contributed by atoms with van der Waals surface area (Å²) in [6.07, 6.45) is 1.98. The van der Waals surface area contributed by atoms with E-state index in [2.05, 4.69) is 40.0 Å². The van der Waals surface area contributed by atoms with Crippen molar-refractivity contribution in [3.05, 3.63) is 33.8 Å². The zero-order chi connectivity index (χ0) is 15.4. The molecule has 2 atom stereocenters. The van der Waals surface area contributed by atoms with Gasteiger partial charge in [-0.2, -0.15) is 0 Å². The van der Waals surface area contributed by atoms with E-state index in [0.717, 1.165) is 39.0 Å². The zero-order valence-electron chi connectivity index (χ0n) is 13.0. The van der Waals surface area contributed by atoms with E-state index in [0.29, 0.717) is 4.47 Å². The fourth-order valence-corrected chi connectivity index (χ4v) is 3.64. The predicted octanol–water partition coefficient (Wildman–Crippen LogP) is 4.53. The van der Waals surface area contributed by atoms with Gasteiger partial charge < -0.3 is 5.32 Å². The number of nitrogens with zero attached hydrogens (tertiary/aromatic N) is 1. The van der Waals surface area contributed by atoms with Crippen LogP contribution in [-0.4, -0.2) is 31.1 Å². The number of halogens is 4. The van der Waals surface area contributed by atoms with Crippen LogP contribution < -0.4 is 5.32 Å². The highest BCUT2D eigenvalue weighted by molar-refractivity contribution is 9.10. The summed E-state index contributed by atoms with van der Waals surface area (Å²) < 4.78 is 29.3. The smallest absolute Gasteiger partial charge is 0.132 e. The number of nitrogens with one attached hydrogen (secondary N) is 1. The van der Waals surface area contributed by atoms with Crippen LogP contribution >= 0.6 is 28.3 Å². The Bertz CT molecular complexity index is 458. The summed E-state index contributed by atoms with van der Waals surface area (Å²) in [6, 6.07) is 2.54. The van der Waals surface area contributed by atoms with Gasteiger partial charge >= 0.3 is 0 Å². The first-order valence-corrected chi connectivity index (χ1v) is 8.43. The van der Waals surface area contributed by atoms with Crippen molar-refractivity contribution in [2.45, 2.75) is 32.7 Å². The SMILES string of the molecule is CCCC(C)[C@H](c1c(F)cc(Br)cc1F)N1CCNCC1.Cl. The lowest BCUT2D eigenvalue weighted by atomic mass is 9.88. The van der Waals surface area contributed by atoms with Crippen molar-refractivity contribution in [2.75, 3.05) is 26.2 Å². The van der Waals surface area contributed by atoms with Crippen molar-refractivity contribution >= 4 is 28.3 Å². The lowest BCUT2D eigenvalue weighted by Gasteiger charge is -2.39. The van der Waals surface area contributed by atoms with Crippen LogP contribution in [0, 0.1) is 17.6 Å². The van der Waals surface area contributed by atoms with Crippen LogP contribution in [0.5, 0.6) is 0 Å². The zero-order valence-corrected chi connectivity index (χ0v) is 15.4. The molecule has 1 heterocycles. The maximum absolute atomic E-state index is 14.4. The Morgan fingerprint density at radius 2 is 1.77 bits per heavy atom. The largest absolute Gasteiger partial charge is 0.314 e. The highest BCUT2D eigenvalue weighted by Crippen LogP contribution is 2.36. The molecule has 2 nitrogen and oxygen atoms in total. The van der Waals surface area contributed by atoms with Gasteiger partial charge in [-0.15, -0.1) is 12.4 Å². The summed E-state index contributed by atoms with van der Waals surface area (Å²) in [6.45, 7) is 7.60. The van der Waals surface area contributed by atoms with Gasteiger partial charge in [0.2, 0.25) is 0 Å². The van der Waals surface area contributed by atoms with Crippen LogP contribution in [0.2, 0.25) is 0 Å². The third-order valence-electron chi connectivity index (χ3n) is 4.17. The van der Waals surface area contributed by atoms with Crippen molar-refractivity contribution in [1.82, 2.24) is 10.2 Å². The molecule has 2 rings (SSSR count). The maximum atomic E-state index is 14.4. The molecule has 0 aromatic heterocycles. The van der Waals surface area contributed by atoms with E-state index in [9.17, 15) is 8.78 Å². The van der Waals surface area contributed by atoms with Gasteiger partial charge in [0.1, 0.15) is 11.6 Å². The molecule has 0 radical (unpaired) electrons. The van der Waals surface area contributed by atoms with E-state index in [4.69, 9.17) is 0 Å². The summed E-state index contributed by atoms with van der Waals surface area (Å²) in [5, 5.41) is 3.29. The Morgan fingerprint density at radius 1 is 1.23 bits per heavy atom. The number of piperazine rings is 1. The van der Waals surface area contributed by atoms with Crippen LogP contribution in [0.25, 0.3) is 0 Å². The third-order valence-corrected chi connectivity index (χ3v) is 4.63. The topological polar surface area (TPSA) is 15.3 Å². The molecule has 0 spiro atoms. The molecule has 1 aromatic carbocycles. The van der Waals surface area contributed by atoms with Crippen LogP contribution in [0.1, 0.15) is 38.3 Å². The first-order valence-electron chi connectivity index (χ1n) is 7.63. The van der Waals surface area contributed by atoms with Crippen molar-refractivity contribution in [3.63, 3.8) is 0 Å². The molecule has 0 amide bonds. The molecule has 1 aromatic rings. The minimum absolute atomic E-state index is 0. The van der Waals surface area contributed by atoms with Gasteiger partial charge in [-0.05, 0) is 24.5 Å². The highest BCUT2D eigenvalue weighted by Gasteiger charge is 2.31. The van der Waals surface area contributed by atoms with Gasteiger partial charge in [0.15, 0.2) is 0 Å². The Morgan fingerprint density at radius 3 is 2.27 bits per heavy atom. The molecule has 126 valence electrons. The van der Waals surface area contributed by atoms with Gasteiger partial charge in [0, 0.05) is 42.3 Å². The molecule has 6 heteroatoms. The Labute approximate surface area is 146 Å². The third kappa shape index (κ3) is 4.63. The molecule has 1 fully saturated rings. The average molecular weight is 398 g/mol. The molecule has 1 N–H and O–H groups in total.